The number of hydrogen-bond acceptors (Lipinski definition) is 3. The average molecular weight is 268 g/mol. The highest BCUT2D eigenvalue weighted by atomic mass is 16.5. The minimum atomic E-state index is 0.708. The van der Waals surface area contributed by atoms with Crippen molar-refractivity contribution in [2.24, 2.45) is 7.05 Å². The smallest absolute Gasteiger partial charge is 0.161 e. The SMILES string of the molecule is COc1ccc(-c2nn(C)c3ccccc23)cc1OC. The number of aromatic nitrogens is 2. The fourth-order valence-electron chi connectivity index (χ4n) is 2.41. The van der Waals surface area contributed by atoms with E-state index in [4.69, 9.17) is 9.47 Å². The number of para-hydroxylation sites is 1. The van der Waals surface area contributed by atoms with E-state index in [1.165, 1.54) is 0 Å². The van der Waals surface area contributed by atoms with Gasteiger partial charge in [-0.15, -0.1) is 0 Å². The molecule has 0 atom stereocenters. The maximum atomic E-state index is 5.36. The van der Waals surface area contributed by atoms with Crippen LogP contribution in [0.2, 0.25) is 0 Å². The number of rotatable bonds is 3. The Bertz CT molecular complexity index is 762. The quantitative estimate of drug-likeness (QED) is 0.731. The Kier molecular flexibility index (Phi) is 3.06. The lowest BCUT2D eigenvalue weighted by atomic mass is 10.1. The number of nitrogens with zero attached hydrogens (tertiary/aromatic N) is 2. The molecule has 0 radical (unpaired) electrons. The lowest BCUT2D eigenvalue weighted by Gasteiger charge is -2.08. The van der Waals surface area contributed by atoms with Crippen molar-refractivity contribution >= 4 is 10.9 Å². The van der Waals surface area contributed by atoms with Crippen molar-refractivity contribution < 1.29 is 9.47 Å². The molecule has 4 heteroatoms. The van der Waals surface area contributed by atoms with Crippen LogP contribution in [0.3, 0.4) is 0 Å². The summed E-state index contributed by atoms with van der Waals surface area (Å²) in [5.41, 5.74) is 3.07. The van der Waals surface area contributed by atoms with Gasteiger partial charge in [0.15, 0.2) is 11.5 Å². The molecule has 0 amide bonds. The minimum absolute atomic E-state index is 0.708. The molecule has 0 saturated carbocycles. The van der Waals surface area contributed by atoms with Gasteiger partial charge >= 0.3 is 0 Å². The summed E-state index contributed by atoms with van der Waals surface area (Å²) in [6.45, 7) is 0. The van der Waals surface area contributed by atoms with Gasteiger partial charge in [0.2, 0.25) is 0 Å². The maximum absolute atomic E-state index is 5.36. The highest BCUT2D eigenvalue weighted by Crippen LogP contribution is 2.34. The van der Waals surface area contributed by atoms with E-state index in [2.05, 4.69) is 17.2 Å². The summed E-state index contributed by atoms with van der Waals surface area (Å²) >= 11 is 0. The van der Waals surface area contributed by atoms with Gasteiger partial charge in [-0.3, -0.25) is 4.68 Å². The van der Waals surface area contributed by atoms with E-state index >= 15 is 0 Å². The van der Waals surface area contributed by atoms with Gasteiger partial charge in [0.05, 0.1) is 19.7 Å². The lowest BCUT2D eigenvalue weighted by Crippen LogP contribution is -1.92. The molecule has 0 aliphatic heterocycles. The van der Waals surface area contributed by atoms with E-state index in [1.54, 1.807) is 14.2 Å². The van der Waals surface area contributed by atoms with Crippen LogP contribution in [0.4, 0.5) is 0 Å². The third-order valence-corrected chi connectivity index (χ3v) is 3.41. The van der Waals surface area contributed by atoms with Crippen molar-refractivity contribution in [2.45, 2.75) is 0 Å². The third kappa shape index (κ3) is 1.90. The molecule has 102 valence electrons. The molecule has 2 aromatic carbocycles. The molecule has 4 nitrogen and oxygen atoms in total. The van der Waals surface area contributed by atoms with E-state index < -0.39 is 0 Å². The first kappa shape index (κ1) is 12.5. The fraction of sp³-hybridized carbons (Fsp3) is 0.188. The van der Waals surface area contributed by atoms with Gasteiger partial charge in [-0.2, -0.15) is 5.10 Å². The Hall–Kier alpha value is -2.49. The Labute approximate surface area is 117 Å². The molecule has 0 fully saturated rings. The molecule has 1 heterocycles. The van der Waals surface area contributed by atoms with Crippen LogP contribution >= 0.6 is 0 Å². The predicted octanol–water partition coefficient (Wildman–Crippen LogP) is 3.26. The van der Waals surface area contributed by atoms with Crippen LogP contribution in [-0.4, -0.2) is 24.0 Å². The molecule has 3 rings (SSSR count). The Morgan fingerprint density at radius 2 is 1.70 bits per heavy atom. The summed E-state index contributed by atoms with van der Waals surface area (Å²) < 4.78 is 12.5. The number of ether oxygens (including phenoxy) is 2. The second-order valence-corrected chi connectivity index (χ2v) is 4.56. The Morgan fingerprint density at radius 1 is 0.950 bits per heavy atom. The number of aryl methyl sites for hydroxylation is 1. The zero-order chi connectivity index (χ0) is 14.1. The van der Waals surface area contributed by atoms with Crippen LogP contribution in [0.5, 0.6) is 11.5 Å². The van der Waals surface area contributed by atoms with E-state index in [-0.39, 0.29) is 0 Å². The van der Waals surface area contributed by atoms with Gasteiger partial charge in [-0.1, -0.05) is 18.2 Å². The summed E-state index contributed by atoms with van der Waals surface area (Å²) in [4.78, 5) is 0. The Morgan fingerprint density at radius 3 is 2.45 bits per heavy atom. The van der Waals surface area contributed by atoms with Gasteiger partial charge in [-0.05, 0) is 24.3 Å². The van der Waals surface area contributed by atoms with Gasteiger partial charge in [-0.25, -0.2) is 0 Å². The van der Waals surface area contributed by atoms with Crippen LogP contribution in [0, 0.1) is 0 Å². The van der Waals surface area contributed by atoms with Crippen molar-refractivity contribution in [3.8, 4) is 22.8 Å². The zero-order valence-electron chi connectivity index (χ0n) is 11.8. The molecular weight excluding hydrogens is 252 g/mol. The second-order valence-electron chi connectivity index (χ2n) is 4.56. The predicted molar refractivity (Wildman–Crippen MR) is 79.3 cm³/mol. The normalized spacial score (nSPS) is 10.8. The largest absolute Gasteiger partial charge is 0.493 e. The molecule has 1 aromatic heterocycles. The van der Waals surface area contributed by atoms with Gasteiger partial charge in [0, 0.05) is 18.0 Å². The van der Waals surface area contributed by atoms with Crippen molar-refractivity contribution in [3.63, 3.8) is 0 Å². The molecule has 20 heavy (non-hydrogen) atoms. The van der Waals surface area contributed by atoms with E-state index in [1.807, 2.05) is 42.1 Å². The molecule has 3 aromatic rings. The standard InChI is InChI=1S/C16H16N2O2/c1-18-13-7-5-4-6-12(13)16(17-18)11-8-9-14(19-2)15(10-11)20-3/h4-10H,1-3H3. The maximum Gasteiger partial charge on any atom is 0.161 e. The van der Waals surface area contributed by atoms with Gasteiger partial charge in [0.1, 0.15) is 5.69 Å². The molecule has 0 N–H and O–H groups in total. The van der Waals surface area contributed by atoms with Gasteiger partial charge in [0.25, 0.3) is 0 Å². The molecule has 0 bridgehead atoms. The van der Waals surface area contributed by atoms with Crippen LogP contribution in [0.15, 0.2) is 42.5 Å². The van der Waals surface area contributed by atoms with Crippen LogP contribution in [0.25, 0.3) is 22.2 Å². The molecule has 0 unspecified atom stereocenters. The molecular formula is C16H16N2O2. The number of fused-ring (bicyclic) bond motifs is 1. The average Bonchev–Trinajstić information content (AvgIpc) is 2.84. The van der Waals surface area contributed by atoms with E-state index in [0.29, 0.717) is 5.75 Å². The van der Waals surface area contributed by atoms with Crippen LogP contribution < -0.4 is 9.47 Å². The first-order valence-electron chi connectivity index (χ1n) is 6.38. The van der Waals surface area contributed by atoms with Crippen molar-refractivity contribution in [2.75, 3.05) is 14.2 Å². The third-order valence-electron chi connectivity index (χ3n) is 3.41. The van der Waals surface area contributed by atoms with Crippen LogP contribution in [-0.2, 0) is 7.05 Å². The first-order valence-corrected chi connectivity index (χ1v) is 6.38. The summed E-state index contributed by atoms with van der Waals surface area (Å²) in [5.74, 6) is 1.43. The number of benzene rings is 2. The second kappa shape index (κ2) is 4.89. The van der Waals surface area contributed by atoms with Crippen LogP contribution in [0.1, 0.15) is 0 Å². The van der Waals surface area contributed by atoms with E-state index in [0.717, 1.165) is 27.9 Å². The molecule has 0 spiro atoms. The summed E-state index contributed by atoms with van der Waals surface area (Å²) in [6.07, 6.45) is 0. The van der Waals surface area contributed by atoms with Crippen molar-refractivity contribution in [1.29, 1.82) is 0 Å². The summed E-state index contributed by atoms with van der Waals surface area (Å²) in [6, 6.07) is 14.0. The molecule has 0 aliphatic rings. The minimum Gasteiger partial charge on any atom is -0.493 e. The van der Waals surface area contributed by atoms with Crippen molar-refractivity contribution in [3.05, 3.63) is 42.5 Å². The highest BCUT2D eigenvalue weighted by Gasteiger charge is 2.12. The summed E-state index contributed by atoms with van der Waals surface area (Å²) in [7, 11) is 5.22. The van der Waals surface area contributed by atoms with E-state index in [9.17, 15) is 0 Å². The number of methoxy groups -OCH3 is 2. The monoisotopic (exact) mass is 268 g/mol. The van der Waals surface area contributed by atoms with Gasteiger partial charge < -0.3 is 9.47 Å². The Balaban J connectivity index is 2.21. The lowest BCUT2D eigenvalue weighted by molar-refractivity contribution is 0.355. The first-order chi connectivity index (χ1) is 9.74. The zero-order valence-corrected chi connectivity index (χ0v) is 11.8. The number of hydrogen-bond donors (Lipinski definition) is 0. The van der Waals surface area contributed by atoms with Crippen molar-refractivity contribution in [1.82, 2.24) is 9.78 Å². The summed E-state index contributed by atoms with van der Waals surface area (Å²) in [5, 5.41) is 5.74. The highest BCUT2D eigenvalue weighted by molar-refractivity contribution is 5.93. The molecule has 0 saturated heterocycles. The fourth-order valence-corrected chi connectivity index (χ4v) is 2.41. The molecule has 0 aliphatic carbocycles. The topological polar surface area (TPSA) is 36.3 Å².